The molecule has 0 aromatic carbocycles. The maximum absolute atomic E-state index is 4.74. The van der Waals surface area contributed by atoms with Crippen molar-refractivity contribution in [1.82, 2.24) is 15.1 Å². The summed E-state index contributed by atoms with van der Waals surface area (Å²) in [7, 11) is 0. The third-order valence-electron chi connectivity index (χ3n) is 3.86. The molecule has 0 aliphatic heterocycles. The van der Waals surface area contributed by atoms with Gasteiger partial charge in [-0.15, -0.1) is 11.3 Å². The molecule has 21 heavy (non-hydrogen) atoms. The number of aryl methyl sites for hydroxylation is 1. The van der Waals surface area contributed by atoms with Crippen molar-refractivity contribution in [3.05, 3.63) is 39.8 Å². The van der Waals surface area contributed by atoms with E-state index in [1.54, 1.807) is 0 Å². The van der Waals surface area contributed by atoms with Crippen LogP contribution in [-0.4, -0.2) is 16.3 Å². The van der Waals surface area contributed by atoms with E-state index < -0.39 is 0 Å². The summed E-state index contributed by atoms with van der Waals surface area (Å²) in [6.45, 7) is 9.84. The molecule has 0 amide bonds. The van der Waals surface area contributed by atoms with Crippen LogP contribution in [0.4, 0.5) is 0 Å². The Morgan fingerprint density at radius 3 is 2.71 bits per heavy atom. The summed E-state index contributed by atoms with van der Waals surface area (Å²) in [6, 6.07) is 7.47. The second kappa shape index (κ2) is 7.76. The van der Waals surface area contributed by atoms with E-state index in [4.69, 9.17) is 5.10 Å². The number of nitrogens with zero attached hydrogens (tertiary/aromatic N) is 2. The molecule has 0 fully saturated rings. The highest BCUT2D eigenvalue weighted by molar-refractivity contribution is 7.12. The molecule has 0 saturated heterocycles. The summed E-state index contributed by atoms with van der Waals surface area (Å²) < 4.78 is 2.09. The Hall–Kier alpha value is -1.13. The third-order valence-corrected chi connectivity index (χ3v) is 4.98. The highest BCUT2D eigenvalue weighted by atomic mass is 32.1. The molecule has 0 aliphatic rings. The summed E-state index contributed by atoms with van der Waals surface area (Å²) in [5.74, 6) is 0. The lowest BCUT2D eigenvalue weighted by molar-refractivity contribution is 0.466. The van der Waals surface area contributed by atoms with Crippen molar-refractivity contribution in [2.24, 2.45) is 0 Å². The molecule has 2 rings (SSSR count). The quantitative estimate of drug-likeness (QED) is 0.778. The zero-order valence-electron chi connectivity index (χ0n) is 13.6. The molecule has 2 heterocycles. The Balaban J connectivity index is 2.09. The van der Waals surface area contributed by atoms with Gasteiger partial charge in [0, 0.05) is 34.5 Å². The van der Waals surface area contributed by atoms with Gasteiger partial charge < -0.3 is 5.32 Å². The molecule has 0 spiro atoms. The molecular weight excluding hydrogens is 278 g/mol. The van der Waals surface area contributed by atoms with E-state index in [0.29, 0.717) is 12.1 Å². The fraction of sp³-hybridized carbons (Fsp3) is 0.588. The number of hydrogen-bond donors (Lipinski definition) is 1. The van der Waals surface area contributed by atoms with Crippen molar-refractivity contribution in [3.63, 3.8) is 0 Å². The molecule has 4 heteroatoms. The lowest BCUT2D eigenvalue weighted by Crippen LogP contribution is -2.23. The predicted octanol–water partition coefficient (Wildman–Crippen LogP) is 4.51. The third kappa shape index (κ3) is 4.42. The Morgan fingerprint density at radius 1 is 1.29 bits per heavy atom. The number of nitrogens with one attached hydrogen (secondary N) is 1. The molecule has 1 N–H and O–H groups in total. The van der Waals surface area contributed by atoms with Crippen LogP contribution < -0.4 is 5.32 Å². The Labute approximate surface area is 132 Å². The molecule has 0 saturated carbocycles. The van der Waals surface area contributed by atoms with Gasteiger partial charge in [0.2, 0.25) is 0 Å². The van der Waals surface area contributed by atoms with E-state index in [0.717, 1.165) is 25.8 Å². The average molecular weight is 305 g/mol. The fourth-order valence-electron chi connectivity index (χ4n) is 2.36. The summed E-state index contributed by atoms with van der Waals surface area (Å²) in [4.78, 5) is 2.79. The largest absolute Gasteiger partial charge is 0.309 e. The molecular formula is C17H27N3S. The average Bonchev–Trinajstić information content (AvgIpc) is 3.11. The molecule has 2 aromatic heterocycles. The van der Waals surface area contributed by atoms with Gasteiger partial charge in [0.25, 0.3) is 0 Å². The van der Waals surface area contributed by atoms with Crippen LogP contribution >= 0.6 is 11.3 Å². The van der Waals surface area contributed by atoms with Gasteiger partial charge in [-0.25, -0.2) is 0 Å². The van der Waals surface area contributed by atoms with Gasteiger partial charge in [0.1, 0.15) is 0 Å². The highest BCUT2D eigenvalue weighted by Gasteiger charge is 2.15. The molecule has 2 atom stereocenters. The summed E-state index contributed by atoms with van der Waals surface area (Å²) in [5.41, 5.74) is 1.18. The van der Waals surface area contributed by atoms with E-state index in [2.05, 4.69) is 62.1 Å². The Kier molecular flexibility index (Phi) is 6.00. The molecule has 0 radical (unpaired) electrons. The topological polar surface area (TPSA) is 29.9 Å². The van der Waals surface area contributed by atoms with Crippen LogP contribution in [0.25, 0.3) is 0 Å². The normalized spacial score (nSPS) is 14.3. The molecule has 0 bridgehead atoms. The minimum atomic E-state index is 0.379. The lowest BCUT2D eigenvalue weighted by Gasteiger charge is -2.16. The van der Waals surface area contributed by atoms with E-state index in [1.807, 2.05) is 11.3 Å². The number of hydrogen-bond acceptors (Lipinski definition) is 3. The minimum Gasteiger partial charge on any atom is -0.309 e. The van der Waals surface area contributed by atoms with Crippen molar-refractivity contribution in [2.75, 3.05) is 6.54 Å². The van der Waals surface area contributed by atoms with E-state index in [-0.39, 0.29) is 0 Å². The Bertz CT molecular complexity index is 544. The van der Waals surface area contributed by atoms with E-state index >= 15 is 0 Å². The van der Waals surface area contributed by atoms with Crippen LogP contribution in [0.15, 0.2) is 24.4 Å². The Morgan fingerprint density at radius 2 is 2.10 bits per heavy atom. The smallest absolute Gasteiger partial charge is 0.0644 e. The summed E-state index contributed by atoms with van der Waals surface area (Å²) in [5, 5.41) is 8.40. The number of aromatic nitrogens is 2. The van der Waals surface area contributed by atoms with Gasteiger partial charge in [0.05, 0.1) is 5.69 Å². The van der Waals surface area contributed by atoms with Crippen molar-refractivity contribution < 1.29 is 0 Å². The zero-order chi connectivity index (χ0) is 15.2. The first-order valence-electron chi connectivity index (χ1n) is 7.97. The van der Waals surface area contributed by atoms with Gasteiger partial charge >= 0.3 is 0 Å². The minimum absolute atomic E-state index is 0.379. The van der Waals surface area contributed by atoms with Gasteiger partial charge in [-0.1, -0.05) is 13.8 Å². The highest BCUT2D eigenvalue weighted by Crippen LogP contribution is 2.25. The molecule has 0 aliphatic carbocycles. The van der Waals surface area contributed by atoms with Gasteiger partial charge in [0.15, 0.2) is 0 Å². The second-order valence-electron chi connectivity index (χ2n) is 5.70. The van der Waals surface area contributed by atoms with Gasteiger partial charge in [-0.2, -0.15) is 5.10 Å². The predicted molar refractivity (Wildman–Crippen MR) is 91.0 cm³/mol. The number of rotatable bonds is 8. The monoisotopic (exact) mass is 305 g/mol. The van der Waals surface area contributed by atoms with E-state index in [1.165, 1.54) is 15.4 Å². The van der Waals surface area contributed by atoms with Crippen LogP contribution in [0.2, 0.25) is 0 Å². The first-order chi connectivity index (χ1) is 10.1. The van der Waals surface area contributed by atoms with Gasteiger partial charge in [-0.3, -0.25) is 4.68 Å². The van der Waals surface area contributed by atoms with Crippen molar-refractivity contribution >= 4 is 11.3 Å². The standard InChI is InChI=1S/C17H27N3S/c1-5-10-18-16(17-8-7-14(4)21-17)12-15-9-11-20(19-15)13(3)6-2/h7-9,11,13,16,18H,5-6,10,12H2,1-4H3. The van der Waals surface area contributed by atoms with Crippen LogP contribution in [0, 0.1) is 6.92 Å². The summed E-state index contributed by atoms with van der Waals surface area (Å²) in [6.07, 6.45) is 5.34. The molecule has 3 nitrogen and oxygen atoms in total. The molecule has 116 valence electrons. The first-order valence-corrected chi connectivity index (χ1v) is 8.79. The molecule has 2 unspecified atom stereocenters. The van der Waals surface area contributed by atoms with E-state index in [9.17, 15) is 0 Å². The van der Waals surface area contributed by atoms with Crippen LogP contribution in [0.1, 0.15) is 61.1 Å². The van der Waals surface area contributed by atoms with Crippen molar-refractivity contribution in [2.45, 2.75) is 59.0 Å². The first kappa shape index (κ1) is 16.2. The maximum Gasteiger partial charge on any atom is 0.0644 e. The van der Waals surface area contributed by atoms with Gasteiger partial charge in [-0.05, 0) is 51.4 Å². The maximum atomic E-state index is 4.74. The lowest BCUT2D eigenvalue weighted by atomic mass is 10.1. The number of thiophene rings is 1. The molecule has 2 aromatic rings. The zero-order valence-corrected chi connectivity index (χ0v) is 14.4. The van der Waals surface area contributed by atoms with Crippen molar-refractivity contribution in [1.29, 1.82) is 0 Å². The fourth-order valence-corrected chi connectivity index (χ4v) is 3.31. The van der Waals surface area contributed by atoms with Crippen LogP contribution in [0.5, 0.6) is 0 Å². The summed E-state index contributed by atoms with van der Waals surface area (Å²) >= 11 is 1.89. The van der Waals surface area contributed by atoms with Crippen molar-refractivity contribution in [3.8, 4) is 0 Å². The van der Waals surface area contributed by atoms with Crippen LogP contribution in [0.3, 0.4) is 0 Å². The van der Waals surface area contributed by atoms with Crippen LogP contribution in [-0.2, 0) is 6.42 Å². The SMILES string of the molecule is CCCNC(Cc1ccn(C(C)CC)n1)c1ccc(C)s1. The second-order valence-corrected chi connectivity index (χ2v) is 7.02.